The number of fused-ring (bicyclic) bond motifs is 1. The molecule has 3 rings (SSSR count). The molecule has 1 saturated heterocycles. The maximum atomic E-state index is 13.0. The summed E-state index contributed by atoms with van der Waals surface area (Å²) in [6.07, 6.45) is 1.63. The van der Waals surface area contributed by atoms with Crippen molar-refractivity contribution in [2.75, 3.05) is 18.1 Å². The third kappa shape index (κ3) is 3.75. The van der Waals surface area contributed by atoms with Crippen LogP contribution in [0.15, 0.2) is 24.3 Å². The lowest BCUT2D eigenvalue weighted by atomic mass is 9.98. The lowest BCUT2D eigenvalue weighted by molar-refractivity contribution is -0.132. The van der Waals surface area contributed by atoms with Crippen LogP contribution >= 0.6 is 0 Å². The molecule has 0 spiro atoms. The van der Waals surface area contributed by atoms with Crippen molar-refractivity contribution in [2.24, 2.45) is 0 Å². The van der Waals surface area contributed by atoms with Crippen LogP contribution in [0.1, 0.15) is 36.6 Å². The van der Waals surface area contributed by atoms with Gasteiger partial charge in [0.2, 0.25) is 5.91 Å². The summed E-state index contributed by atoms with van der Waals surface area (Å²) in [6, 6.07) is 7.75. The summed E-state index contributed by atoms with van der Waals surface area (Å²) in [5.74, 6) is 0.269. The lowest BCUT2D eigenvalue weighted by Gasteiger charge is -2.28. The molecule has 0 N–H and O–H groups in total. The van der Waals surface area contributed by atoms with Crippen molar-refractivity contribution in [3.8, 4) is 0 Å². The molecule has 2 heterocycles. The number of para-hydroxylation sites is 1. The highest BCUT2D eigenvalue weighted by Crippen LogP contribution is 2.25. The lowest BCUT2D eigenvalue weighted by Crippen LogP contribution is -2.42. The van der Waals surface area contributed by atoms with E-state index in [9.17, 15) is 13.2 Å². The standard InChI is InChI=1S/C20H26N2O3S/c1-4-10-22(16-9-11-26(24,25)13-16)20(23)12-18-14(2)17-7-5-6-8-19(17)21-15(18)3/h5-8,16H,4,9-13H2,1-3H3. The average Bonchev–Trinajstić information content (AvgIpc) is 2.95. The van der Waals surface area contributed by atoms with Crippen LogP contribution in [0.25, 0.3) is 10.9 Å². The van der Waals surface area contributed by atoms with Gasteiger partial charge in [-0.05, 0) is 43.9 Å². The van der Waals surface area contributed by atoms with Crippen LogP contribution in [-0.4, -0.2) is 48.3 Å². The van der Waals surface area contributed by atoms with E-state index >= 15 is 0 Å². The van der Waals surface area contributed by atoms with Crippen molar-refractivity contribution in [3.05, 3.63) is 41.1 Å². The summed E-state index contributed by atoms with van der Waals surface area (Å²) < 4.78 is 23.7. The van der Waals surface area contributed by atoms with Crippen molar-refractivity contribution < 1.29 is 13.2 Å². The Morgan fingerprint density at radius 1 is 1.27 bits per heavy atom. The number of aromatic nitrogens is 1. The second-order valence-corrected chi connectivity index (χ2v) is 9.37. The normalized spacial score (nSPS) is 19.0. The SMILES string of the molecule is CCCN(C(=O)Cc1c(C)nc2ccccc2c1C)C1CCS(=O)(=O)C1. The second kappa shape index (κ2) is 7.35. The topological polar surface area (TPSA) is 67.3 Å². The van der Waals surface area contributed by atoms with Gasteiger partial charge in [0.25, 0.3) is 0 Å². The minimum absolute atomic E-state index is 0.00256. The highest BCUT2D eigenvalue weighted by atomic mass is 32.2. The zero-order valence-corrected chi connectivity index (χ0v) is 16.5. The van der Waals surface area contributed by atoms with E-state index in [0.29, 0.717) is 13.0 Å². The minimum atomic E-state index is -3.02. The third-order valence-electron chi connectivity index (χ3n) is 5.25. The Morgan fingerprint density at radius 2 is 2.00 bits per heavy atom. The monoisotopic (exact) mass is 374 g/mol. The Morgan fingerprint density at radius 3 is 2.65 bits per heavy atom. The van der Waals surface area contributed by atoms with Gasteiger partial charge in [0.1, 0.15) is 0 Å². The molecule has 1 aliphatic rings. The molecule has 1 unspecified atom stereocenters. The van der Waals surface area contributed by atoms with Gasteiger partial charge >= 0.3 is 0 Å². The number of amides is 1. The molecular weight excluding hydrogens is 348 g/mol. The molecule has 2 aromatic rings. The summed E-state index contributed by atoms with van der Waals surface area (Å²) in [5.41, 5.74) is 3.84. The van der Waals surface area contributed by atoms with Crippen LogP contribution < -0.4 is 0 Å². The fourth-order valence-corrected chi connectivity index (χ4v) is 5.59. The van der Waals surface area contributed by atoms with E-state index in [2.05, 4.69) is 4.98 Å². The summed E-state index contributed by atoms with van der Waals surface area (Å²) in [5, 5.41) is 1.06. The first-order valence-electron chi connectivity index (χ1n) is 9.17. The van der Waals surface area contributed by atoms with Crippen LogP contribution in [0.5, 0.6) is 0 Å². The molecular formula is C20H26N2O3S. The fourth-order valence-electron chi connectivity index (χ4n) is 3.86. The Balaban J connectivity index is 1.89. The Labute approximate surface area is 155 Å². The van der Waals surface area contributed by atoms with Crippen LogP contribution in [0.3, 0.4) is 0 Å². The Bertz CT molecular complexity index is 937. The van der Waals surface area contributed by atoms with Crippen molar-refractivity contribution in [1.82, 2.24) is 9.88 Å². The number of nitrogens with zero attached hydrogens (tertiary/aromatic N) is 2. The number of benzene rings is 1. The molecule has 1 aromatic heterocycles. The molecule has 1 atom stereocenters. The van der Waals surface area contributed by atoms with E-state index in [-0.39, 0.29) is 29.9 Å². The number of hydrogen-bond acceptors (Lipinski definition) is 4. The molecule has 26 heavy (non-hydrogen) atoms. The number of aryl methyl sites for hydroxylation is 2. The van der Waals surface area contributed by atoms with Gasteiger partial charge in [-0.25, -0.2) is 8.42 Å². The molecule has 0 saturated carbocycles. The van der Waals surface area contributed by atoms with Crippen molar-refractivity contribution in [2.45, 2.75) is 46.1 Å². The van der Waals surface area contributed by atoms with E-state index in [1.807, 2.05) is 45.0 Å². The summed E-state index contributed by atoms with van der Waals surface area (Å²) in [6.45, 7) is 6.58. The molecule has 0 aliphatic carbocycles. The van der Waals surface area contributed by atoms with Crippen LogP contribution in [0.4, 0.5) is 0 Å². The number of carbonyl (C=O) groups excluding carboxylic acids is 1. The number of rotatable bonds is 5. The quantitative estimate of drug-likeness (QED) is 0.807. The molecule has 1 amide bonds. The van der Waals surface area contributed by atoms with Gasteiger partial charge in [-0.2, -0.15) is 0 Å². The third-order valence-corrected chi connectivity index (χ3v) is 7.00. The predicted molar refractivity (Wildman–Crippen MR) is 104 cm³/mol. The maximum absolute atomic E-state index is 13.0. The van der Waals surface area contributed by atoms with Crippen LogP contribution in [0, 0.1) is 13.8 Å². The molecule has 0 bridgehead atoms. The van der Waals surface area contributed by atoms with E-state index in [1.54, 1.807) is 4.90 Å². The summed E-state index contributed by atoms with van der Waals surface area (Å²) >= 11 is 0. The first-order valence-corrected chi connectivity index (χ1v) is 11.0. The number of hydrogen-bond donors (Lipinski definition) is 0. The predicted octanol–water partition coefficient (Wildman–Crippen LogP) is 2.82. The second-order valence-electron chi connectivity index (χ2n) is 7.14. The Hall–Kier alpha value is -1.95. The van der Waals surface area contributed by atoms with Crippen molar-refractivity contribution in [1.29, 1.82) is 0 Å². The van der Waals surface area contributed by atoms with Crippen LogP contribution in [0.2, 0.25) is 0 Å². The molecule has 1 aliphatic heterocycles. The first kappa shape index (κ1) is 18.8. The van der Waals surface area contributed by atoms with Gasteiger partial charge in [-0.3, -0.25) is 9.78 Å². The van der Waals surface area contributed by atoms with Crippen molar-refractivity contribution >= 4 is 26.6 Å². The number of pyridine rings is 1. The molecule has 6 heteroatoms. The summed E-state index contributed by atoms with van der Waals surface area (Å²) in [4.78, 5) is 19.5. The summed E-state index contributed by atoms with van der Waals surface area (Å²) in [7, 11) is -3.02. The average molecular weight is 375 g/mol. The van der Waals surface area contributed by atoms with Crippen LogP contribution in [-0.2, 0) is 21.1 Å². The van der Waals surface area contributed by atoms with E-state index in [4.69, 9.17) is 0 Å². The van der Waals surface area contributed by atoms with Gasteiger partial charge < -0.3 is 4.90 Å². The van der Waals surface area contributed by atoms with E-state index in [1.165, 1.54) is 0 Å². The van der Waals surface area contributed by atoms with Gasteiger partial charge in [0.15, 0.2) is 9.84 Å². The van der Waals surface area contributed by atoms with Gasteiger partial charge in [0, 0.05) is 23.7 Å². The largest absolute Gasteiger partial charge is 0.338 e. The molecule has 140 valence electrons. The molecule has 0 radical (unpaired) electrons. The molecule has 1 fully saturated rings. The molecule has 1 aromatic carbocycles. The number of carbonyl (C=O) groups is 1. The number of sulfone groups is 1. The smallest absolute Gasteiger partial charge is 0.227 e. The highest BCUT2D eigenvalue weighted by molar-refractivity contribution is 7.91. The zero-order valence-electron chi connectivity index (χ0n) is 15.7. The van der Waals surface area contributed by atoms with Gasteiger partial charge in [-0.15, -0.1) is 0 Å². The van der Waals surface area contributed by atoms with Gasteiger partial charge in [0.05, 0.1) is 23.4 Å². The maximum Gasteiger partial charge on any atom is 0.227 e. The van der Waals surface area contributed by atoms with E-state index in [0.717, 1.165) is 34.1 Å². The minimum Gasteiger partial charge on any atom is -0.338 e. The first-order chi connectivity index (χ1) is 12.3. The fraction of sp³-hybridized carbons (Fsp3) is 0.500. The highest BCUT2D eigenvalue weighted by Gasteiger charge is 2.34. The Kier molecular flexibility index (Phi) is 5.32. The van der Waals surface area contributed by atoms with E-state index < -0.39 is 9.84 Å². The molecule has 5 nitrogen and oxygen atoms in total. The zero-order chi connectivity index (χ0) is 18.9. The van der Waals surface area contributed by atoms with Crippen molar-refractivity contribution in [3.63, 3.8) is 0 Å². The van der Waals surface area contributed by atoms with Gasteiger partial charge in [-0.1, -0.05) is 25.1 Å².